The van der Waals surface area contributed by atoms with Crippen molar-refractivity contribution in [1.29, 1.82) is 0 Å². The Balaban J connectivity index is 1.84. The minimum atomic E-state index is -0.0833. The van der Waals surface area contributed by atoms with Gasteiger partial charge in [0.1, 0.15) is 5.75 Å². The summed E-state index contributed by atoms with van der Waals surface area (Å²) in [6.45, 7) is 2.91. The zero-order valence-corrected chi connectivity index (χ0v) is 13.1. The highest BCUT2D eigenvalue weighted by molar-refractivity contribution is 6.30. The summed E-state index contributed by atoms with van der Waals surface area (Å²) in [7, 11) is 1.58. The number of halogens is 1. The maximum Gasteiger partial charge on any atom is 0.239 e. The highest BCUT2D eigenvalue weighted by Crippen LogP contribution is 2.27. The lowest BCUT2D eigenvalue weighted by Crippen LogP contribution is -2.43. The topological polar surface area (TPSA) is 59.6 Å². The van der Waals surface area contributed by atoms with Gasteiger partial charge >= 0.3 is 0 Å². The normalized spacial score (nSPS) is 19.1. The Morgan fingerprint density at radius 2 is 2.38 bits per heavy atom. The number of anilines is 1. The smallest absolute Gasteiger partial charge is 0.239 e. The van der Waals surface area contributed by atoms with E-state index < -0.39 is 0 Å². The quantitative estimate of drug-likeness (QED) is 0.847. The van der Waals surface area contributed by atoms with Crippen LogP contribution in [0, 0.1) is 0 Å². The molecule has 2 atom stereocenters. The Morgan fingerprint density at radius 3 is 3.05 bits per heavy atom. The molecule has 2 N–H and O–H groups in total. The van der Waals surface area contributed by atoms with Crippen LogP contribution in [-0.4, -0.2) is 38.3 Å². The standard InChI is InChI=1S/C15H21ClN2O3/c1-10(13-4-3-7-21-13)18-15(19)9-17-12-8-11(16)5-6-14(12)20-2/h5-6,8,10,13,17H,3-4,7,9H2,1-2H3,(H,18,19)/t10-,13-/m0/s1. The van der Waals surface area contributed by atoms with Crippen molar-refractivity contribution in [3.05, 3.63) is 23.2 Å². The van der Waals surface area contributed by atoms with Gasteiger partial charge in [-0.25, -0.2) is 0 Å². The second kappa shape index (κ2) is 7.52. The summed E-state index contributed by atoms with van der Waals surface area (Å²) in [5.74, 6) is 0.569. The lowest BCUT2D eigenvalue weighted by atomic mass is 10.1. The third-order valence-corrected chi connectivity index (χ3v) is 3.75. The van der Waals surface area contributed by atoms with Crippen LogP contribution >= 0.6 is 11.6 Å². The van der Waals surface area contributed by atoms with E-state index in [1.54, 1.807) is 25.3 Å². The lowest BCUT2D eigenvalue weighted by molar-refractivity contribution is -0.120. The molecule has 1 aromatic rings. The molecule has 0 spiro atoms. The number of hydrogen-bond acceptors (Lipinski definition) is 4. The third-order valence-electron chi connectivity index (χ3n) is 3.51. The monoisotopic (exact) mass is 312 g/mol. The number of hydrogen-bond donors (Lipinski definition) is 2. The molecule has 1 fully saturated rings. The van der Waals surface area contributed by atoms with Gasteiger partial charge in [0.25, 0.3) is 0 Å². The van der Waals surface area contributed by atoms with E-state index in [9.17, 15) is 4.79 Å². The molecule has 1 aliphatic rings. The largest absolute Gasteiger partial charge is 0.495 e. The number of ether oxygens (including phenoxy) is 2. The molecule has 1 heterocycles. The molecule has 1 saturated heterocycles. The molecule has 1 amide bonds. The number of rotatable bonds is 6. The fraction of sp³-hybridized carbons (Fsp3) is 0.533. The lowest BCUT2D eigenvalue weighted by Gasteiger charge is -2.20. The van der Waals surface area contributed by atoms with Crippen LogP contribution in [0.5, 0.6) is 5.75 Å². The SMILES string of the molecule is COc1ccc(Cl)cc1NCC(=O)N[C@@H](C)[C@@H]1CCCO1. The second-order valence-corrected chi connectivity index (χ2v) is 5.54. The molecular formula is C15H21ClN2O3. The van der Waals surface area contributed by atoms with Crippen molar-refractivity contribution in [3.63, 3.8) is 0 Å². The zero-order chi connectivity index (χ0) is 15.2. The number of methoxy groups -OCH3 is 1. The summed E-state index contributed by atoms with van der Waals surface area (Å²) in [4.78, 5) is 12.0. The molecule has 0 bridgehead atoms. The molecule has 5 nitrogen and oxygen atoms in total. The summed E-state index contributed by atoms with van der Waals surface area (Å²) in [5, 5.41) is 6.57. The molecule has 0 aromatic heterocycles. The van der Waals surface area contributed by atoms with Crippen molar-refractivity contribution in [3.8, 4) is 5.75 Å². The van der Waals surface area contributed by atoms with E-state index in [1.807, 2.05) is 6.92 Å². The van der Waals surface area contributed by atoms with Gasteiger partial charge in [-0.15, -0.1) is 0 Å². The van der Waals surface area contributed by atoms with E-state index >= 15 is 0 Å². The van der Waals surface area contributed by atoms with Crippen LogP contribution < -0.4 is 15.4 Å². The van der Waals surface area contributed by atoms with Crippen molar-refractivity contribution in [2.24, 2.45) is 0 Å². The minimum Gasteiger partial charge on any atom is -0.495 e. The van der Waals surface area contributed by atoms with Crippen LogP contribution in [0.3, 0.4) is 0 Å². The van der Waals surface area contributed by atoms with E-state index in [4.69, 9.17) is 21.1 Å². The van der Waals surface area contributed by atoms with Gasteiger partial charge < -0.3 is 20.1 Å². The molecule has 2 rings (SSSR count). The number of amides is 1. The predicted octanol–water partition coefficient (Wildman–Crippen LogP) is 2.44. The fourth-order valence-electron chi connectivity index (χ4n) is 2.39. The average molecular weight is 313 g/mol. The molecule has 0 saturated carbocycles. The Hall–Kier alpha value is -1.46. The minimum absolute atomic E-state index is 0.0167. The van der Waals surface area contributed by atoms with Gasteiger partial charge in [0.2, 0.25) is 5.91 Å². The summed E-state index contributed by atoms with van der Waals surface area (Å²) in [6.07, 6.45) is 2.18. The molecule has 1 aromatic carbocycles. The molecule has 116 valence electrons. The van der Waals surface area contributed by atoms with Crippen LogP contribution in [0.25, 0.3) is 0 Å². The van der Waals surface area contributed by atoms with E-state index in [-0.39, 0.29) is 24.6 Å². The Bertz CT molecular complexity index is 490. The molecule has 6 heteroatoms. The van der Waals surface area contributed by atoms with Gasteiger partial charge in [-0.05, 0) is 38.0 Å². The molecule has 21 heavy (non-hydrogen) atoms. The van der Waals surface area contributed by atoms with E-state index in [2.05, 4.69) is 10.6 Å². The van der Waals surface area contributed by atoms with Crippen LogP contribution in [0.1, 0.15) is 19.8 Å². The van der Waals surface area contributed by atoms with Gasteiger partial charge in [0.15, 0.2) is 0 Å². The van der Waals surface area contributed by atoms with Crippen molar-refractivity contribution in [2.45, 2.75) is 31.9 Å². The Kier molecular flexibility index (Phi) is 5.70. The molecular weight excluding hydrogens is 292 g/mol. The van der Waals surface area contributed by atoms with Crippen LogP contribution in [0.4, 0.5) is 5.69 Å². The van der Waals surface area contributed by atoms with Gasteiger partial charge in [-0.2, -0.15) is 0 Å². The predicted molar refractivity (Wildman–Crippen MR) is 83.1 cm³/mol. The maximum absolute atomic E-state index is 12.0. The average Bonchev–Trinajstić information content (AvgIpc) is 2.99. The first-order chi connectivity index (χ1) is 10.1. The van der Waals surface area contributed by atoms with Crippen LogP contribution in [0.2, 0.25) is 5.02 Å². The highest BCUT2D eigenvalue weighted by Gasteiger charge is 2.23. The first-order valence-electron chi connectivity index (χ1n) is 7.08. The zero-order valence-electron chi connectivity index (χ0n) is 12.3. The Morgan fingerprint density at radius 1 is 1.57 bits per heavy atom. The van der Waals surface area contributed by atoms with Crippen molar-refractivity contribution in [2.75, 3.05) is 25.6 Å². The summed E-state index contributed by atoms with van der Waals surface area (Å²) < 4.78 is 10.8. The van der Waals surface area contributed by atoms with Gasteiger partial charge in [-0.3, -0.25) is 4.79 Å². The van der Waals surface area contributed by atoms with Crippen molar-refractivity contribution in [1.82, 2.24) is 5.32 Å². The molecule has 0 aliphatic carbocycles. The summed E-state index contributed by atoms with van der Waals surface area (Å²) in [5.41, 5.74) is 0.699. The third kappa shape index (κ3) is 4.51. The van der Waals surface area contributed by atoms with E-state index in [0.717, 1.165) is 19.4 Å². The number of carbonyl (C=O) groups excluding carboxylic acids is 1. The van der Waals surface area contributed by atoms with Crippen LogP contribution in [-0.2, 0) is 9.53 Å². The van der Waals surface area contributed by atoms with Crippen LogP contribution in [0.15, 0.2) is 18.2 Å². The maximum atomic E-state index is 12.0. The summed E-state index contributed by atoms with van der Waals surface area (Å²) in [6, 6.07) is 5.25. The first-order valence-corrected chi connectivity index (χ1v) is 7.46. The van der Waals surface area contributed by atoms with Crippen molar-refractivity contribution >= 4 is 23.2 Å². The number of benzene rings is 1. The highest BCUT2D eigenvalue weighted by atomic mass is 35.5. The Labute approximate surface area is 130 Å². The van der Waals surface area contributed by atoms with E-state index in [1.165, 1.54) is 0 Å². The molecule has 1 aliphatic heterocycles. The number of carbonyl (C=O) groups is 1. The van der Waals surface area contributed by atoms with Gasteiger partial charge in [0, 0.05) is 11.6 Å². The van der Waals surface area contributed by atoms with E-state index in [0.29, 0.717) is 16.5 Å². The first kappa shape index (κ1) is 15.9. The van der Waals surface area contributed by atoms with Gasteiger partial charge in [-0.1, -0.05) is 11.6 Å². The number of nitrogens with one attached hydrogen (secondary N) is 2. The van der Waals surface area contributed by atoms with Gasteiger partial charge in [0.05, 0.1) is 31.5 Å². The second-order valence-electron chi connectivity index (χ2n) is 5.11. The summed E-state index contributed by atoms with van der Waals surface area (Å²) >= 11 is 5.95. The fourth-order valence-corrected chi connectivity index (χ4v) is 2.56. The molecule has 0 radical (unpaired) electrons. The molecule has 0 unspecified atom stereocenters. The van der Waals surface area contributed by atoms with Crippen molar-refractivity contribution < 1.29 is 14.3 Å².